The van der Waals surface area contributed by atoms with Crippen molar-refractivity contribution in [1.82, 2.24) is 5.16 Å². The van der Waals surface area contributed by atoms with Crippen LogP contribution in [0.15, 0.2) is 71.3 Å². The molecular formula is C24H20FNO4. The van der Waals surface area contributed by atoms with Crippen LogP contribution >= 0.6 is 0 Å². The second-order valence-corrected chi connectivity index (χ2v) is 6.79. The zero-order valence-electron chi connectivity index (χ0n) is 16.6. The van der Waals surface area contributed by atoms with Crippen LogP contribution in [0.4, 0.5) is 4.39 Å². The van der Waals surface area contributed by atoms with Crippen molar-refractivity contribution >= 4 is 0 Å². The van der Waals surface area contributed by atoms with Crippen molar-refractivity contribution in [1.29, 1.82) is 0 Å². The molecule has 0 bridgehead atoms. The molecule has 0 radical (unpaired) electrons. The van der Waals surface area contributed by atoms with Gasteiger partial charge in [-0.2, -0.15) is 0 Å². The highest BCUT2D eigenvalue weighted by molar-refractivity contribution is 5.84. The van der Waals surface area contributed by atoms with Crippen LogP contribution in [0.1, 0.15) is 11.3 Å². The van der Waals surface area contributed by atoms with E-state index >= 15 is 0 Å². The van der Waals surface area contributed by atoms with Crippen LogP contribution in [0.5, 0.6) is 17.2 Å². The van der Waals surface area contributed by atoms with E-state index in [-0.39, 0.29) is 18.2 Å². The van der Waals surface area contributed by atoms with Gasteiger partial charge in [-0.3, -0.25) is 0 Å². The van der Waals surface area contributed by atoms with E-state index in [1.165, 1.54) is 18.2 Å². The van der Waals surface area contributed by atoms with Gasteiger partial charge in [0.1, 0.15) is 29.7 Å². The highest BCUT2D eigenvalue weighted by atomic mass is 19.1. The van der Waals surface area contributed by atoms with E-state index < -0.39 is 0 Å². The molecule has 0 aliphatic rings. The summed E-state index contributed by atoms with van der Waals surface area (Å²) in [6, 6.07) is 18.6. The van der Waals surface area contributed by atoms with Crippen LogP contribution in [0, 0.1) is 12.7 Å². The molecule has 0 amide bonds. The Morgan fingerprint density at radius 2 is 1.67 bits per heavy atom. The lowest BCUT2D eigenvalue weighted by Gasteiger charge is -2.10. The number of aromatic hydroxyl groups is 1. The first-order valence-electron chi connectivity index (χ1n) is 9.36. The molecule has 1 aromatic heterocycles. The second kappa shape index (κ2) is 8.29. The summed E-state index contributed by atoms with van der Waals surface area (Å²) in [5.74, 6) is 1.43. The van der Waals surface area contributed by atoms with Gasteiger partial charge >= 0.3 is 0 Å². The summed E-state index contributed by atoms with van der Waals surface area (Å²) in [7, 11) is 1.61. The molecule has 30 heavy (non-hydrogen) atoms. The Morgan fingerprint density at radius 1 is 0.967 bits per heavy atom. The van der Waals surface area contributed by atoms with Gasteiger partial charge < -0.3 is 19.1 Å². The van der Waals surface area contributed by atoms with Crippen molar-refractivity contribution in [3.63, 3.8) is 0 Å². The van der Waals surface area contributed by atoms with E-state index in [2.05, 4.69) is 5.16 Å². The summed E-state index contributed by atoms with van der Waals surface area (Å²) in [6.45, 7) is 2.11. The molecule has 1 N–H and O–H groups in total. The number of hydrogen-bond donors (Lipinski definition) is 1. The number of halogens is 1. The van der Waals surface area contributed by atoms with Crippen molar-refractivity contribution in [2.45, 2.75) is 13.5 Å². The Kier molecular flexibility index (Phi) is 5.39. The van der Waals surface area contributed by atoms with Gasteiger partial charge in [0, 0.05) is 6.07 Å². The number of aromatic nitrogens is 1. The van der Waals surface area contributed by atoms with Gasteiger partial charge in [-0.25, -0.2) is 4.39 Å². The quantitative estimate of drug-likeness (QED) is 0.443. The SMILES string of the molecule is COc1ccc(-c2c(C)noc2-c2ccc(OCc3ccc(F)cc3)cc2O)cc1. The monoisotopic (exact) mass is 405 g/mol. The first kappa shape index (κ1) is 19.5. The van der Waals surface area contributed by atoms with Crippen molar-refractivity contribution in [2.24, 2.45) is 0 Å². The van der Waals surface area contributed by atoms with Crippen LogP contribution in [-0.4, -0.2) is 17.4 Å². The van der Waals surface area contributed by atoms with E-state index in [4.69, 9.17) is 14.0 Å². The smallest absolute Gasteiger partial charge is 0.178 e. The molecule has 4 rings (SSSR count). The number of nitrogens with zero attached hydrogens (tertiary/aromatic N) is 1. The highest BCUT2D eigenvalue weighted by Crippen LogP contribution is 2.40. The van der Waals surface area contributed by atoms with Crippen molar-refractivity contribution in [3.8, 4) is 39.7 Å². The summed E-state index contributed by atoms with van der Waals surface area (Å²) >= 11 is 0. The largest absolute Gasteiger partial charge is 0.507 e. The van der Waals surface area contributed by atoms with E-state index in [9.17, 15) is 9.50 Å². The van der Waals surface area contributed by atoms with Gasteiger partial charge in [-0.1, -0.05) is 29.4 Å². The number of phenols is 1. The predicted octanol–water partition coefficient (Wildman–Crippen LogP) is 5.75. The molecule has 0 saturated heterocycles. The molecule has 5 nitrogen and oxygen atoms in total. The fourth-order valence-electron chi connectivity index (χ4n) is 3.19. The van der Waals surface area contributed by atoms with Crippen LogP contribution < -0.4 is 9.47 Å². The summed E-state index contributed by atoms with van der Waals surface area (Å²) < 4.78 is 29.5. The van der Waals surface area contributed by atoms with Gasteiger partial charge in [0.05, 0.1) is 23.9 Å². The number of aryl methyl sites for hydroxylation is 1. The Hall–Kier alpha value is -3.80. The van der Waals surface area contributed by atoms with Crippen molar-refractivity contribution in [3.05, 3.63) is 83.8 Å². The molecule has 0 atom stereocenters. The number of rotatable bonds is 6. The normalized spacial score (nSPS) is 10.8. The zero-order valence-corrected chi connectivity index (χ0v) is 16.6. The third kappa shape index (κ3) is 3.98. The van der Waals surface area contributed by atoms with Crippen LogP contribution in [-0.2, 0) is 6.61 Å². The van der Waals surface area contributed by atoms with Crippen LogP contribution in [0.25, 0.3) is 22.5 Å². The van der Waals surface area contributed by atoms with Crippen LogP contribution in [0.3, 0.4) is 0 Å². The molecule has 0 spiro atoms. The summed E-state index contributed by atoms with van der Waals surface area (Å²) in [5, 5.41) is 14.7. The molecule has 152 valence electrons. The van der Waals surface area contributed by atoms with Gasteiger partial charge in [-0.15, -0.1) is 0 Å². The average molecular weight is 405 g/mol. The molecule has 6 heteroatoms. The Bertz CT molecular complexity index is 1150. The average Bonchev–Trinajstić information content (AvgIpc) is 3.14. The van der Waals surface area contributed by atoms with Crippen molar-refractivity contribution < 1.29 is 23.5 Å². The van der Waals surface area contributed by atoms with E-state index in [1.807, 2.05) is 31.2 Å². The summed E-state index contributed by atoms with van der Waals surface area (Å²) in [4.78, 5) is 0. The molecule has 1 heterocycles. The highest BCUT2D eigenvalue weighted by Gasteiger charge is 2.20. The minimum Gasteiger partial charge on any atom is -0.507 e. The molecule has 3 aromatic carbocycles. The Morgan fingerprint density at radius 3 is 2.33 bits per heavy atom. The maximum absolute atomic E-state index is 13.0. The Balaban J connectivity index is 1.59. The lowest BCUT2D eigenvalue weighted by atomic mass is 9.99. The second-order valence-electron chi connectivity index (χ2n) is 6.79. The molecular weight excluding hydrogens is 385 g/mol. The molecule has 0 aliphatic heterocycles. The summed E-state index contributed by atoms with van der Waals surface area (Å²) in [5.41, 5.74) is 3.75. The maximum atomic E-state index is 13.0. The van der Waals surface area contributed by atoms with Gasteiger partial charge in [0.15, 0.2) is 5.76 Å². The third-order valence-corrected chi connectivity index (χ3v) is 4.77. The molecule has 0 fully saturated rings. The third-order valence-electron chi connectivity index (χ3n) is 4.77. The maximum Gasteiger partial charge on any atom is 0.178 e. The fourth-order valence-corrected chi connectivity index (χ4v) is 3.19. The van der Waals surface area contributed by atoms with Gasteiger partial charge in [0.2, 0.25) is 0 Å². The number of ether oxygens (including phenoxy) is 2. The minimum atomic E-state index is -0.296. The number of benzene rings is 3. The van der Waals surface area contributed by atoms with Gasteiger partial charge in [0.25, 0.3) is 0 Å². The number of phenolic OH excluding ortho intramolecular Hbond substituents is 1. The van der Waals surface area contributed by atoms with E-state index in [0.29, 0.717) is 22.8 Å². The summed E-state index contributed by atoms with van der Waals surface area (Å²) in [6.07, 6.45) is 0. The molecule has 0 aliphatic carbocycles. The first-order valence-corrected chi connectivity index (χ1v) is 9.36. The molecule has 0 saturated carbocycles. The van der Waals surface area contributed by atoms with Crippen LogP contribution in [0.2, 0.25) is 0 Å². The van der Waals surface area contributed by atoms with E-state index in [0.717, 1.165) is 22.4 Å². The lowest BCUT2D eigenvalue weighted by molar-refractivity contribution is 0.304. The number of hydrogen-bond acceptors (Lipinski definition) is 5. The first-order chi connectivity index (χ1) is 14.5. The van der Waals surface area contributed by atoms with Gasteiger partial charge in [-0.05, 0) is 54.4 Å². The standard InChI is InChI=1S/C24H20FNO4/c1-15-23(17-5-9-19(28-2)10-6-17)24(30-26-15)21-12-11-20(13-22(21)27)29-14-16-3-7-18(25)8-4-16/h3-13,27H,14H2,1-2H3. The Labute approximate surface area is 173 Å². The molecule has 4 aromatic rings. The predicted molar refractivity (Wildman–Crippen MR) is 111 cm³/mol. The van der Waals surface area contributed by atoms with E-state index in [1.54, 1.807) is 31.4 Å². The van der Waals surface area contributed by atoms with Crippen molar-refractivity contribution in [2.75, 3.05) is 7.11 Å². The number of methoxy groups -OCH3 is 1. The zero-order chi connectivity index (χ0) is 21.1. The lowest BCUT2D eigenvalue weighted by Crippen LogP contribution is -1.95. The minimum absolute atomic E-state index is 0.0116. The fraction of sp³-hybridized carbons (Fsp3) is 0.125. The topological polar surface area (TPSA) is 64.7 Å². The molecule has 0 unspecified atom stereocenters.